The van der Waals surface area contributed by atoms with Crippen molar-refractivity contribution in [1.29, 1.82) is 0 Å². The molecule has 50 valence electrons. The lowest BCUT2D eigenvalue weighted by Crippen LogP contribution is -2.07. The molecule has 0 bridgehead atoms. The zero-order valence-corrected chi connectivity index (χ0v) is 5.43. The van der Waals surface area contributed by atoms with Crippen LogP contribution in [-0.2, 0) is 4.79 Å². The molecule has 0 aromatic carbocycles. The first-order valence-electron chi connectivity index (χ1n) is 1.70. The van der Waals surface area contributed by atoms with Crippen molar-refractivity contribution >= 4 is 15.5 Å². The Kier molecular flexibility index (Phi) is 8.64. The van der Waals surface area contributed by atoms with Gasteiger partial charge in [0.15, 0.2) is 0 Å². The molecule has 0 atom stereocenters. The maximum absolute atomic E-state index is 9.00. The van der Waals surface area contributed by atoms with E-state index >= 15 is 0 Å². The summed E-state index contributed by atoms with van der Waals surface area (Å²) in [5.41, 5.74) is 0. The molecule has 0 heterocycles. The minimum Gasteiger partial charge on any atom is -0.481 e. The molecule has 6 heteroatoms. The van der Waals surface area contributed by atoms with Crippen molar-refractivity contribution in [3.05, 3.63) is 0 Å². The minimum atomic E-state index is -3.14. The first kappa shape index (κ1) is 10.5. The molecule has 0 spiro atoms. The Morgan fingerprint density at radius 1 is 1.38 bits per heavy atom. The molecule has 0 fully saturated rings. The Bertz CT molecular complexity index is 54.7. The first-order valence-corrected chi connectivity index (χ1v) is 3.25. The van der Waals surface area contributed by atoms with Crippen LogP contribution in [0.5, 0.6) is 0 Å². The molecular formula is C2H8O5Si. The van der Waals surface area contributed by atoms with Crippen LogP contribution >= 0.6 is 0 Å². The molecule has 0 aromatic heterocycles. The van der Waals surface area contributed by atoms with Crippen LogP contribution in [0.3, 0.4) is 0 Å². The Morgan fingerprint density at radius 2 is 1.38 bits per heavy atom. The van der Waals surface area contributed by atoms with Gasteiger partial charge in [0.2, 0.25) is 0 Å². The monoisotopic (exact) mass is 140 g/mol. The van der Waals surface area contributed by atoms with Gasteiger partial charge in [-0.3, -0.25) is 4.79 Å². The molecule has 4 N–H and O–H groups in total. The Labute approximate surface area is 47.8 Å². The third kappa shape index (κ3) is 619. The predicted molar refractivity (Wildman–Crippen MR) is 27.1 cm³/mol. The summed E-state index contributed by atoms with van der Waals surface area (Å²) in [7, 11) is -3.14. The number of carbonyl (C=O) groups is 1. The van der Waals surface area contributed by atoms with Crippen molar-refractivity contribution in [2.24, 2.45) is 0 Å². The van der Waals surface area contributed by atoms with Crippen LogP contribution < -0.4 is 0 Å². The molecule has 0 unspecified atom stereocenters. The van der Waals surface area contributed by atoms with Crippen molar-refractivity contribution in [2.45, 2.75) is 6.92 Å². The highest BCUT2D eigenvalue weighted by molar-refractivity contribution is 6.30. The molecule has 0 aliphatic rings. The zero-order chi connectivity index (χ0) is 7.15. The van der Waals surface area contributed by atoms with Crippen LogP contribution in [0.2, 0.25) is 0 Å². The van der Waals surface area contributed by atoms with E-state index in [1.165, 1.54) is 0 Å². The van der Waals surface area contributed by atoms with Crippen molar-refractivity contribution in [2.75, 3.05) is 0 Å². The summed E-state index contributed by atoms with van der Waals surface area (Å²) in [6.07, 6.45) is 0. The fourth-order valence-corrected chi connectivity index (χ4v) is 0. The van der Waals surface area contributed by atoms with Gasteiger partial charge in [0, 0.05) is 6.92 Å². The van der Waals surface area contributed by atoms with Gasteiger partial charge in [0.25, 0.3) is 5.97 Å². The fraction of sp³-hybridized carbons (Fsp3) is 0.500. The largest absolute Gasteiger partial charge is 0.481 e. The molecule has 0 radical (unpaired) electrons. The Morgan fingerprint density at radius 3 is 1.38 bits per heavy atom. The van der Waals surface area contributed by atoms with Crippen LogP contribution in [0.25, 0.3) is 0 Å². The predicted octanol–water partition coefficient (Wildman–Crippen LogP) is -2.23. The first-order chi connectivity index (χ1) is 3.46. The average Bonchev–Trinajstić information content (AvgIpc) is 1.25. The van der Waals surface area contributed by atoms with Gasteiger partial charge in [-0.2, -0.15) is 0 Å². The standard InChI is InChI=1S/C2H4O2.H4O3Si/c1-2(3)4;1-4(2)3/h1H3,(H,3,4);1-4H. The Balaban J connectivity index is 0. The van der Waals surface area contributed by atoms with E-state index in [0.29, 0.717) is 0 Å². The van der Waals surface area contributed by atoms with Crippen molar-refractivity contribution in [3.63, 3.8) is 0 Å². The summed E-state index contributed by atoms with van der Waals surface area (Å²) >= 11 is 0. The summed E-state index contributed by atoms with van der Waals surface area (Å²) in [6, 6.07) is 0. The second-order valence-electron chi connectivity index (χ2n) is 0.865. The highest BCUT2D eigenvalue weighted by atomic mass is 28.3. The van der Waals surface area contributed by atoms with E-state index in [0.717, 1.165) is 6.92 Å². The second-order valence-corrected chi connectivity index (χ2v) is 1.56. The number of aliphatic carboxylic acids is 1. The van der Waals surface area contributed by atoms with Crippen molar-refractivity contribution in [3.8, 4) is 0 Å². The third-order valence-electron chi connectivity index (χ3n) is 0. The Hall–Kier alpha value is -0.433. The van der Waals surface area contributed by atoms with Gasteiger partial charge in [-0.25, -0.2) is 0 Å². The van der Waals surface area contributed by atoms with E-state index < -0.39 is 15.5 Å². The number of hydrogen-bond donors (Lipinski definition) is 4. The van der Waals surface area contributed by atoms with Crippen LogP contribution in [0, 0.1) is 0 Å². The van der Waals surface area contributed by atoms with Gasteiger partial charge in [-0.1, -0.05) is 0 Å². The van der Waals surface area contributed by atoms with Gasteiger partial charge < -0.3 is 19.5 Å². The van der Waals surface area contributed by atoms with E-state index in [9.17, 15) is 0 Å². The molecule has 5 nitrogen and oxygen atoms in total. The third-order valence-corrected chi connectivity index (χ3v) is 0. The minimum absolute atomic E-state index is 0.833. The topological polar surface area (TPSA) is 98.0 Å². The smallest absolute Gasteiger partial charge is 0.475 e. The van der Waals surface area contributed by atoms with Gasteiger partial charge >= 0.3 is 9.53 Å². The quantitative estimate of drug-likeness (QED) is 0.285. The lowest BCUT2D eigenvalue weighted by atomic mass is 10.9. The van der Waals surface area contributed by atoms with E-state index in [4.69, 9.17) is 24.3 Å². The van der Waals surface area contributed by atoms with E-state index in [-0.39, 0.29) is 0 Å². The van der Waals surface area contributed by atoms with Gasteiger partial charge in [-0.15, -0.1) is 0 Å². The van der Waals surface area contributed by atoms with Gasteiger partial charge in [-0.05, 0) is 0 Å². The SMILES string of the molecule is CC(=O)O.O[SiH](O)O. The highest BCUT2D eigenvalue weighted by Gasteiger charge is 1.83. The van der Waals surface area contributed by atoms with Crippen LogP contribution in [0.1, 0.15) is 6.92 Å². The number of hydrogen-bond acceptors (Lipinski definition) is 4. The molecule has 0 saturated carbocycles. The molecule has 0 rings (SSSR count). The summed E-state index contributed by atoms with van der Waals surface area (Å²) in [4.78, 5) is 30.9. The summed E-state index contributed by atoms with van der Waals surface area (Å²) in [5.74, 6) is -0.833. The molecular weight excluding hydrogens is 132 g/mol. The fourth-order valence-electron chi connectivity index (χ4n) is 0. The molecule has 0 aliphatic carbocycles. The lowest BCUT2D eigenvalue weighted by Gasteiger charge is -1.74. The number of carboxylic acids is 1. The normalized spacial score (nSPS) is 7.62. The van der Waals surface area contributed by atoms with Crippen LogP contribution in [0.4, 0.5) is 0 Å². The molecule has 8 heavy (non-hydrogen) atoms. The lowest BCUT2D eigenvalue weighted by molar-refractivity contribution is -0.134. The summed E-state index contributed by atoms with van der Waals surface area (Å²) in [5, 5.41) is 7.42. The van der Waals surface area contributed by atoms with Crippen molar-refractivity contribution < 1.29 is 24.3 Å². The van der Waals surface area contributed by atoms with Crippen LogP contribution in [0.15, 0.2) is 0 Å². The maximum Gasteiger partial charge on any atom is 0.475 e. The second kappa shape index (κ2) is 6.57. The summed E-state index contributed by atoms with van der Waals surface area (Å²) in [6.45, 7) is 1.08. The van der Waals surface area contributed by atoms with Gasteiger partial charge in [0.1, 0.15) is 0 Å². The van der Waals surface area contributed by atoms with Crippen molar-refractivity contribution in [1.82, 2.24) is 0 Å². The van der Waals surface area contributed by atoms with E-state index in [2.05, 4.69) is 0 Å². The molecule has 0 saturated heterocycles. The van der Waals surface area contributed by atoms with Crippen LogP contribution in [-0.4, -0.2) is 35.0 Å². The molecule has 0 aliphatic heterocycles. The van der Waals surface area contributed by atoms with E-state index in [1.807, 2.05) is 0 Å². The molecule has 0 aromatic rings. The number of carboxylic acid groups (broad SMARTS) is 1. The zero-order valence-electron chi connectivity index (χ0n) is 4.27. The molecule has 0 amide bonds. The number of rotatable bonds is 0. The van der Waals surface area contributed by atoms with E-state index in [1.54, 1.807) is 0 Å². The van der Waals surface area contributed by atoms with Gasteiger partial charge in [0.05, 0.1) is 0 Å². The maximum atomic E-state index is 9.00. The summed E-state index contributed by atoms with van der Waals surface area (Å²) < 4.78 is 0. The average molecular weight is 140 g/mol. The highest BCUT2D eigenvalue weighted by Crippen LogP contribution is 1.42.